The van der Waals surface area contributed by atoms with E-state index in [1.165, 1.54) is 6.33 Å². The number of hydrogen-bond donors (Lipinski definition) is 3. The van der Waals surface area contributed by atoms with Gasteiger partial charge in [0.15, 0.2) is 0 Å². The molecule has 0 atom stereocenters. The van der Waals surface area contributed by atoms with Crippen LogP contribution in [0.15, 0.2) is 6.33 Å². The van der Waals surface area contributed by atoms with Gasteiger partial charge in [-0.05, 0) is 12.8 Å². The fourth-order valence-electron chi connectivity index (χ4n) is 1.10. The quantitative estimate of drug-likeness (QED) is 0.543. The minimum Gasteiger partial charge on any atom is -0.263 e. The average molecular weight is 247 g/mol. The summed E-state index contributed by atoms with van der Waals surface area (Å²) in [6, 6.07) is 0. The van der Waals surface area contributed by atoms with E-state index in [-0.39, 0.29) is 0 Å². The zero-order chi connectivity index (χ0) is 11.9. The minimum absolute atomic E-state index is 0.389. The molecule has 0 bridgehead atoms. The lowest BCUT2D eigenvalue weighted by atomic mass is 10.3. The van der Waals surface area contributed by atoms with Gasteiger partial charge in [-0.15, -0.1) is 0 Å². The Morgan fingerprint density at radius 1 is 1.38 bits per heavy atom. The Kier molecular flexibility index (Phi) is 5.36. The van der Waals surface area contributed by atoms with Gasteiger partial charge in [0.05, 0.1) is 0 Å². The lowest BCUT2D eigenvalue weighted by Gasteiger charge is -2.06. The Balaban J connectivity index is 2.15. The van der Waals surface area contributed by atoms with Gasteiger partial charge in [0.1, 0.15) is 12.2 Å². The number of nitrogens with zero attached hydrogens (tertiary/aromatic N) is 2. The standard InChI is InChI=1S/C8H17N5O2S/c1-2-5-11-16(14,15)12-6-3-4-8-9-7-10-13-8/h7,11-12H,2-6H2,1H3,(H,9,10,13). The zero-order valence-electron chi connectivity index (χ0n) is 9.23. The van der Waals surface area contributed by atoms with E-state index in [9.17, 15) is 8.42 Å². The molecule has 16 heavy (non-hydrogen) atoms. The molecule has 0 aliphatic rings. The molecule has 0 saturated carbocycles. The number of rotatable bonds is 8. The number of nitrogens with one attached hydrogen (secondary N) is 3. The van der Waals surface area contributed by atoms with Crippen LogP contribution in [0.2, 0.25) is 0 Å². The van der Waals surface area contributed by atoms with Crippen LogP contribution in [0, 0.1) is 0 Å². The molecule has 0 aliphatic carbocycles. The second-order valence-corrected chi connectivity index (χ2v) is 4.91. The summed E-state index contributed by atoms with van der Waals surface area (Å²) in [4.78, 5) is 3.94. The molecule has 1 aromatic heterocycles. The summed E-state index contributed by atoms with van der Waals surface area (Å²) in [6.45, 7) is 2.75. The van der Waals surface area contributed by atoms with Crippen molar-refractivity contribution in [3.05, 3.63) is 12.2 Å². The lowest BCUT2D eigenvalue weighted by Crippen LogP contribution is -2.37. The molecule has 7 nitrogen and oxygen atoms in total. The van der Waals surface area contributed by atoms with Crippen LogP contribution < -0.4 is 9.44 Å². The topological polar surface area (TPSA) is 99.8 Å². The molecule has 0 aromatic carbocycles. The monoisotopic (exact) mass is 247 g/mol. The summed E-state index contributed by atoms with van der Waals surface area (Å²) < 4.78 is 27.5. The molecular formula is C8H17N5O2S. The number of aromatic amines is 1. The first-order chi connectivity index (χ1) is 7.64. The maximum absolute atomic E-state index is 11.3. The van der Waals surface area contributed by atoms with Crippen molar-refractivity contribution >= 4 is 10.2 Å². The molecular weight excluding hydrogens is 230 g/mol. The third-order valence-electron chi connectivity index (χ3n) is 1.89. The van der Waals surface area contributed by atoms with Crippen LogP contribution in [-0.2, 0) is 16.6 Å². The van der Waals surface area contributed by atoms with Gasteiger partial charge in [0.2, 0.25) is 0 Å². The van der Waals surface area contributed by atoms with Crippen molar-refractivity contribution in [3.63, 3.8) is 0 Å². The SMILES string of the molecule is CCCNS(=O)(=O)NCCCc1ncn[nH]1. The largest absolute Gasteiger partial charge is 0.276 e. The highest BCUT2D eigenvalue weighted by molar-refractivity contribution is 7.87. The first-order valence-corrected chi connectivity index (χ1v) is 6.71. The molecule has 1 aromatic rings. The fourth-order valence-corrected chi connectivity index (χ4v) is 2.09. The van der Waals surface area contributed by atoms with Gasteiger partial charge in [-0.25, -0.2) is 14.4 Å². The summed E-state index contributed by atoms with van der Waals surface area (Å²) in [6.07, 6.45) is 3.57. The van der Waals surface area contributed by atoms with E-state index in [0.29, 0.717) is 25.9 Å². The van der Waals surface area contributed by atoms with E-state index in [4.69, 9.17) is 0 Å². The highest BCUT2D eigenvalue weighted by atomic mass is 32.2. The molecule has 0 unspecified atom stereocenters. The first kappa shape index (κ1) is 13.1. The minimum atomic E-state index is -3.33. The molecule has 1 heterocycles. The van der Waals surface area contributed by atoms with Crippen molar-refractivity contribution < 1.29 is 8.42 Å². The van der Waals surface area contributed by atoms with E-state index in [2.05, 4.69) is 24.6 Å². The molecule has 0 spiro atoms. The second-order valence-electron chi connectivity index (χ2n) is 3.33. The van der Waals surface area contributed by atoms with Crippen LogP contribution in [0.1, 0.15) is 25.6 Å². The normalized spacial score (nSPS) is 11.8. The van der Waals surface area contributed by atoms with E-state index < -0.39 is 10.2 Å². The predicted octanol–water partition coefficient (Wildman–Crippen LogP) is -0.429. The number of H-pyrrole nitrogens is 1. The Bertz CT molecular complexity index is 375. The van der Waals surface area contributed by atoms with Crippen molar-refractivity contribution in [2.45, 2.75) is 26.2 Å². The van der Waals surface area contributed by atoms with Crippen LogP contribution in [-0.4, -0.2) is 36.7 Å². The van der Waals surface area contributed by atoms with Gasteiger partial charge in [-0.3, -0.25) is 5.10 Å². The molecule has 0 radical (unpaired) electrons. The highest BCUT2D eigenvalue weighted by Gasteiger charge is 2.06. The van der Waals surface area contributed by atoms with Crippen LogP contribution in [0.4, 0.5) is 0 Å². The molecule has 92 valence electrons. The third-order valence-corrected chi connectivity index (χ3v) is 3.06. The molecule has 0 fully saturated rings. The Hall–Kier alpha value is -0.990. The van der Waals surface area contributed by atoms with E-state index in [1.54, 1.807) is 0 Å². The van der Waals surface area contributed by atoms with Gasteiger partial charge in [-0.2, -0.15) is 13.5 Å². The third kappa shape index (κ3) is 5.19. The maximum Gasteiger partial charge on any atom is 0.276 e. The summed E-state index contributed by atoms with van der Waals surface area (Å²) in [5, 5.41) is 6.42. The Labute approximate surface area is 95.2 Å². The van der Waals surface area contributed by atoms with Gasteiger partial charge in [-0.1, -0.05) is 6.92 Å². The van der Waals surface area contributed by atoms with Crippen LogP contribution >= 0.6 is 0 Å². The van der Waals surface area contributed by atoms with Gasteiger partial charge in [0.25, 0.3) is 10.2 Å². The molecule has 1 rings (SSSR count). The van der Waals surface area contributed by atoms with Crippen molar-refractivity contribution in [1.29, 1.82) is 0 Å². The van der Waals surface area contributed by atoms with Gasteiger partial charge in [0, 0.05) is 19.5 Å². The summed E-state index contributed by atoms with van der Waals surface area (Å²) in [5.41, 5.74) is 0. The number of hydrogen-bond acceptors (Lipinski definition) is 4. The van der Waals surface area contributed by atoms with Crippen molar-refractivity contribution in [1.82, 2.24) is 24.6 Å². The zero-order valence-corrected chi connectivity index (χ0v) is 10.0. The number of aryl methyl sites for hydroxylation is 1. The van der Waals surface area contributed by atoms with E-state index in [0.717, 1.165) is 12.2 Å². The predicted molar refractivity (Wildman–Crippen MR) is 59.9 cm³/mol. The molecule has 0 saturated heterocycles. The van der Waals surface area contributed by atoms with Crippen molar-refractivity contribution in [3.8, 4) is 0 Å². The van der Waals surface area contributed by atoms with Gasteiger partial charge < -0.3 is 0 Å². The Morgan fingerprint density at radius 2 is 2.12 bits per heavy atom. The van der Waals surface area contributed by atoms with Crippen LogP contribution in [0.25, 0.3) is 0 Å². The average Bonchev–Trinajstić information content (AvgIpc) is 2.75. The summed E-state index contributed by atoms with van der Waals surface area (Å²) in [5.74, 6) is 0.765. The van der Waals surface area contributed by atoms with Crippen LogP contribution in [0.5, 0.6) is 0 Å². The molecule has 8 heteroatoms. The van der Waals surface area contributed by atoms with Crippen LogP contribution in [0.3, 0.4) is 0 Å². The first-order valence-electron chi connectivity index (χ1n) is 5.22. The van der Waals surface area contributed by atoms with Crippen molar-refractivity contribution in [2.24, 2.45) is 0 Å². The van der Waals surface area contributed by atoms with Crippen molar-refractivity contribution in [2.75, 3.05) is 13.1 Å². The summed E-state index contributed by atoms with van der Waals surface area (Å²) >= 11 is 0. The highest BCUT2D eigenvalue weighted by Crippen LogP contribution is 1.92. The summed E-state index contributed by atoms with van der Waals surface area (Å²) in [7, 11) is -3.33. The van der Waals surface area contributed by atoms with E-state index in [1.807, 2.05) is 6.92 Å². The molecule has 3 N–H and O–H groups in total. The molecule has 0 amide bonds. The lowest BCUT2D eigenvalue weighted by molar-refractivity contribution is 0.562. The Morgan fingerprint density at radius 3 is 2.75 bits per heavy atom. The van der Waals surface area contributed by atoms with E-state index >= 15 is 0 Å². The smallest absolute Gasteiger partial charge is 0.263 e. The maximum atomic E-state index is 11.3. The fraction of sp³-hybridized carbons (Fsp3) is 0.750. The van der Waals surface area contributed by atoms with Gasteiger partial charge >= 0.3 is 0 Å². The second kappa shape index (κ2) is 6.56. The molecule has 0 aliphatic heterocycles. The number of aromatic nitrogens is 3.